The fourth-order valence-electron chi connectivity index (χ4n) is 5.64. The second kappa shape index (κ2) is 15.1. The number of rotatable bonds is 11. The number of pyridine rings is 1. The summed E-state index contributed by atoms with van der Waals surface area (Å²) in [6, 6.07) is 8.41. The fraction of sp³-hybridized carbons (Fsp3) is 0.545. The van der Waals surface area contributed by atoms with Gasteiger partial charge in [-0.15, -0.1) is 0 Å². The van der Waals surface area contributed by atoms with Gasteiger partial charge >= 0.3 is 6.09 Å². The summed E-state index contributed by atoms with van der Waals surface area (Å²) in [6.07, 6.45) is 3.41. The predicted octanol–water partition coefficient (Wildman–Crippen LogP) is 1.75. The van der Waals surface area contributed by atoms with E-state index < -0.39 is 30.4 Å². The van der Waals surface area contributed by atoms with E-state index in [1.165, 1.54) is 11.0 Å². The van der Waals surface area contributed by atoms with Crippen LogP contribution in [0.1, 0.15) is 55.1 Å². The van der Waals surface area contributed by atoms with Crippen molar-refractivity contribution in [3.8, 4) is 11.8 Å². The first kappa shape index (κ1) is 33.4. The van der Waals surface area contributed by atoms with Gasteiger partial charge in [-0.25, -0.2) is 9.78 Å². The minimum atomic E-state index is -0.741. The summed E-state index contributed by atoms with van der Waals surface area (Å²) in [7, 11) is 0. The van der Waals surface area contributed by atoms with Gasteiger partial charge < -0.3 is 34.8 Å². The minimum absolute atomic E-state index is 0.00500. The van der Waals surface area contributed by atoms with E-state index >= 15 is 0 Å². The molecule has 1 saturated carbocycles. The van der Waals surface area contributed by atoms with Gasteiger partial charge in [-0.05, 0) is 50.3 Å². The van der Waals surface area contributed by atoms with Gasteiger partial charge in [-0.2, -0.15) is 5.26 Å². The number of ether oxygens (including phenoxy) is 2. The highest BCUT2D eigenvalue weighted by Crippen LogP contribution is 2.28. The van der Waals surface area contributed by atoms with Crippen LogP contribution in [0.4, 0.5) is 4.79 Å². The number of nitriles is 1. The van der Waals surface area contributed by atoms with E-state index in [0.717, 1.165) is 31.2 Å². The van der Waals surface area contributed by atoms with Crippen LogP contribution in [-0.2, 0) is 19.1 Å². The molecule has 1 aromatic heterocycles. The Hall–Kier alpha value is -4.93. The van der Waals surface area contributed by atoms with Gasteiger partial charge in [0, 0.05) is 50.2 Å². The second-order valence-electron chi connectivity index (χ2n) is 12.2. The maximum absolute atomic E-state index is 13.3. The Labute approximate surface area is 273 Å². The van der Waals surface area contributed by atoms with Gasteiger partial charge in [0.05, 0.1) is 30.7 Å². The molecule has 0 radical (unpaired) electrons. The molecular formula is C33H41N7O7. The van der Waals surface area contributed by atoms with Crippen LogP contribution in [-0.4, -0.2) is 114 Å². The van der Waals surface area contributed by atoms with Crippen molar-refractivity contribution >= 4 is 40.6 Å². The maximum atomic E-state index is 13.3. The number of hydrogen-bond donors (Lipinski definition) is 2. The number of amides is 5. The highest BCUT2D eigenvalue weighted by Gasteiger charge is 2.41. The van der Waals surface area contributed by atoms with Gasteiger partial charge in [-0.3, -0.25) is 19.2 Å². The average Bonchev–Trinajstić information content (AvgIpc) is 3.78. The summed E-state index contributed by atoms with van der Waals surface area (Å²) in [5, 5.41) is 15.6. The lowest BCUT2D eigenvalue weighted by Crippen LogP contribution is -2.52. The molecule has 2 atom stereocenters. The van der Waals surface area contributed by atoms with Crippen LogP contribution in [0.5, 0.6) is 5.75 Å². The zero-order valence-corrected chi connectivity index (χ0v) is 26.8. The molecule has 3 fully saturated rings. The van der Waals surface area contributed by atoms with Crippen molar-refractivity contribution < 1.29 is 33.4 Å². The number of carbonyl (C=O) groups excluding carboxylic acids is 5. The molecule has 2 aliphatic heterocycles. The van der Waals surface area contributed by atoms with Gasteiger partial charge in [0.15, 0.2) is 6.61 Å². The van der Waals surface area contributed by atoms with Crippen LogP contribution in [0, 0.1) is 24.2 Å². The lowest BCUT2D eigenvalue weighted by atomic mass is 10.1. The third kappa shape index (κ3) is 8.46. The van der Waals surface area contributed by atoms with Crippen molar-refractivity contribution in [1.29, 1.82) is 5.26 Å². The summed E-state index contributed by atoms with van der Waals surface area (Å²) >= 11 is 0. The molecule has 14 heteroatoms. The van der Waals surface area contributed by atoms with E-state index in [2.05, 4.69) is 21.7 Å². The lowest BCUT2D eigenvalue weighted by Gasteiger charge is -2.34. The molecule has 47 heavy (non-hydrogen) atoms. The molecule has 1 aromatic carbocycles. The Kier molecular flexibility index (Phi) is 10.7. The monoisotopic (exact) mass is 647 g/mol. The molecule has 250 valence electrons. The van der Waals surface area contributed by atoms with Crippen molar-refractivity contribution in [3.63, 3.8) is 0 Å². The number of aromatic nitrogens is 1. The summed E-state index contributed by atoms with van der Waals surface area (Å²) in [4.78, 5) is 73.4. The van der Waals surface area contributed by atoms with Crippen molar-refractivity contribution in [2.24, 2.45) is 5.92 Å². The zero-order valence-electron chi connectivity index (χ0n) is 26.8. The number of nitrogens with zero attached hydrogens (tertiary/aromatic N) is 5. The quantitative estimate of drug-likeness (QED) is 0.345. The van der Waals surface area contributed by atoms with Crippen LogP contribution < -0.4 is 15.4 Å². The van der Waals surface area contributed by atoms with E-state index in [1.807, 2.05) is 19.9 Å². The topological polar surface area (TPSA) is 174 Å². The fourth-order valence-corrected chi connectivity index (χ4v) is 5.64. The summed E-state index contributed by atoms with van der Waals surface area (Å²) in [6.45, 7) is 5.07. The first-order valence-electron chi connectivity index (χ1n) is 16.2. The minimum Gasteiger partial charge on any atom is -0.483 e. The zero-order chi connectivity index (χ0) is 33.5. The Morgan fingerprint density at radius 3 is 2.49 bits per heavy atom. The van der Waals surface area contributed by atoms with Crippen LogP contribution in [0.15, 0.2) is 24.3 Å². The van der Waals surface area contributed by atoms with Crippen LogP contribution in [0.2, 0.25) is 0 Å². The van der Waals surface area contributed by atoms with Crippen LogP contribution in [0.25, 0.3) is 10.9 Å². The van der Waals surface area contributed by atoms with E-state index in [4.69, 9.17) is 9.47 Å². The van der Waals surface area contributed by atoms with Crippen molar-refractivity contribution in [1.82, 2.24) is 30.3 Å². The molecule has 1 aliphatic carbocycles. The van der Waals surface area contributed by atoms with Gasteiger partial charge in [-0.1, -0.05) is 19.4 Å². The van der Waals surface area contributed by atoms with Crippen LogP contribution in [0.3, 0.4) is 0 Å². The molecule has 0 bridgehead atoms. The Bertz CT molecular complexity index is 1560. The lowest BCUT2D eigenvalue weighted by molar-refractivity contribution is -0.140. The third-order valence-corrected chi connectivity index (χ3v) is 8.56. The van der Waals surface area contributed by atoms with E-state index in [0.29, 0.717) is 43.7 Å². The van der Waals surface area contributed by atoms with E-state index in [-0.39, 0.29) is 54.9 Å². The van der Waals surface area contributed by atoms with Gasteiger partial charge in [0.25, 0.3) is 11.8 Å². The summed E-state index contributed by atoms with van der Waals surface area (Å²) in [5.41, 5.74) is 1.38. The first-order valence-corrected chi connectivity index (χ1v) is 16.2. The smallest absolute Gasteiger partial charge is 0.409 e. The molecule has 5 amide bonds. The Morgan fingerprint density at radius 1 is 1.04 bits per heavy atom. The first-order chi connectivity index (χ1) is 22.7. The maximum Gasteiger partial charge on any atom is 0.409 e. The summed E-state index contributed by atoms with van der Waals surface area (Å²) in [5.74, 6) is -1.79. The molecule has 2 saturated heterocycles. The number of aryl methyl sites for hydroxylation is 1. The molecule has 14 nitrogen and oxygen atoms in total. The number of unbranched alkanes of at least 4 members (excludes halogenated alkanes) is 1. The van der Waals surface area contributed by atoms with Crippen LogP contribution >= 0.6 is 0 Å². The third-order valence-electron chi connectivity index (χ3n) is 8.56. The Balaban J connectivity index is 1.20. The molecule has 5 rings (SSSR count). The predicted molar refractivity (Wildman–Crippen MR) is 169 cm³/mol. The van der Waals surface area contributed by atoms with Crippen molar-refractivity contribution in [2.45, 2.75) is 58.0 Å². The second-order valence-corrected chi connectivity index (χ2v) is 12.2. The van der Waals surface area contributed by atoms with Crippen molar-refractivity contribution in [3.05, 3.63) is 35.5 Å². The molecule has 3 aliphatic rings. The number of hydrogen-bond acceptors (Lipinski definition) is 9. The molecule has 2 N–H and O–H groups in total. The summed E-state index contributed by atoms with van der Waals surface area (Å²) < 4.78 is 11.2. The SMILES string of the molecule is CCCCOC(=O)N1CCN(C(=O)CNC(=O)c2cc(OCC(=O)N3C[C@H](C#N)C[C@H]3C(=O)NC3CC3)c3ccc(C)cc3n2)CC1. The van der Waals surface area contributed by atoms with Gasteiger partial charge in [0.1, 0.15) is 17.5 Å². The van der Waals surface area contributed by atoms with Crippen molar-refractivity contribution in [2.75, 3.05) is 52.5 Å². The Morgan fingerprint density at radius 2 is 1.79 bits per heavy atom. The molecular weight excluding hydrogens is 606 g/mol. The number of likely N-dealkylation sites (tertiary alicyclic amines) is 1. The number of benzene rings is 1. The number of carbonyl (C=O) groups is 5. The van der Waals surface area contributed by atoms with E-state index in [9.17, 15) is 29.2 Å². The molecule has 0 unspecified atom stereocenters. The number of piperazine rings is 1. The van der Waals surface area contributed by atoms with E-state index in [1.54, 1.807) is 21.9 Å². The average molecular weight is 648 g/mol. The molecule has 2 aromatic rings. The highest BCUT2D eigenvalue weighted by molar-refractivity contribution is 5.99. The largest absolute Gasteiger partial charge is 0.483 e. The normalized spacial score (nSPS) is 19.2. The van der Waals surface area contributed by atoms with Gasteiger partial charge in [0.2, 0.25) is 11.8 Å². The highest BCUT2D eigenvalue weighted by atomic mass is 16.6. The number of nitrogens with one attached hydrogen (secondary N) is 2. The standard InChI is InChI=1S/C33H41N7O7/c1-3-4-13-46-33(45)39-11-9-38(10-12-39)29(41)18-35-31(43)26-16-28(24-8-5-21(2)14-25(24)37-26)47-20-30(42)40-19-22(17-34)15-27(40)32(44)36-23-6-7-23/h5,8,14,16,22-23,27H,3-4,6-7,9-13,15,18-20H2,1-2H3,(H,35,43)(H,36,44)/t22-,27-/m0/s1. The number of fused-ring (bicyclic) bond motifs is 1. The molecule has 3 heterocycles. The molecule has 0 spiro atoms.